The molecule has 102 valence electrons. The molecule has 5 heteroatoms. The molecule has 0 amide bonds. The molecule has 0 spiro atoms. The number of thiophene rings is 1. The Morgan fingerprint density at radius 1 is 1.35 bits per heavy atom. The van der Waals surface area contributed by atoms with Crippen molar-refractivity contribution in [3.63, 3.8) is 0 Å². The highest BCUT2D eigenvalue weighted by molar-refractivity contribution is 7.18. The van der Waals surface area contributed by atoms with Gasteiger partial charge in [-0.3, -0.25) is 4.79 Å². The molecule has 0 atom stereocenters. The number of aryl methyl sites for hydroxylation is 1. The van der Waals surface area contributed by atoms with Crippen molar-refractivity contribution in [2.45, 2.75) is 19.8 Å². The van der Waals surface area contributed by atoms with E-state index in [-0.39, 0.29) is 5.56 Å². The van der Waals surface area contributed by atoms with Gasteiger partial charge in [0.15, 0.2) is 0 Å². The molecule has 0 saturated heterocycles. The van der Waals surface area contributed by atoms with Crippen LogP contribution in [0.1, 0.15) is 23.2 Å². The van der Waals surface area contributed by atoms with Crippen molar-refractivity contribution in [1.82, 2.24) is 9.97 Å². The Labute approximate surface area is 125 Å². The third-order valence-electron chi connectivity index (χ3n) is 3.11. The molecule has 2 heterocycles. The zero-order chi connectivity index (χ0) is 14.1. The van der Waals surface area contributed by atoms with Gasteiger partial charge in [0.2, 0.25) is 0 Å². The number of hydrogen-bond donors (Lipinski definition) is 1. The van der Waals surface area contributed by atoms with Gasteiger partial charge in [-0.15, -0.1) is 11.3 Å². The normalized spacial score (nSPS) is 11.1. The molecule has 0 aliphatic carbocycles. The summed E-state index contributed by atoms with van der Waals surface area (Å²) < 4.78 is 0. The summed E-state index contributed by atoms with van der Waals surface area (Å²) in [5.41, 5.74) is 0.968. The summed E-state index contributed by atoms with van der Waals surface area (Å²) >= 11 is 7.55. The Balaban J connectivity index is 2.02. The number of halogens is 1. The fourth-order valence-electron chi connectivity index (χ4n) is 2.12. The van der Waals surface area contributed by atoms with E-state index in [9.17, 15) is 4.79 Å². The van der Waals surface area contributed by atoms with Crippen LogP contribution in [0.2, 0.25) is 5.02 Å². The third kappa shape index (κ3) is 2.62. The largest absolute Gasteiger partial charge is 0.310 e. The molecule has 2 aromatic heterocycles. The molecular formula is C15H13ClN2OS. The monoisotopic (exact) mass is 304 g/mol. The second-order valence-corrected chi connectivity index (χ2v) is 6.16. The van der Waals surface area contributed by atoms with Gasteiger partial charge in [0.25, 0.3) is 5.56 Å². The van der Waals surface area contributed by atoms with Crippen LogP contribution in [0, 0.1) is 0 Å². The Morgan fingerprint density at radius 3 is 2.95 bits per heavy atom. The maximum absolute atomic E-state index is 12.1. The topological polar surface area (TPSA) is 45.8 Å². The summed E-state index contributed by atoms with van der Waals surface area (Å²) in [6.45, 7) is 2.08. The molecule has 20 heavy (non-hydrogen) atoms. The molecule has 1 N–H and O–H groups in total. The molecule has 0 radical (unpaired) electrons. The highest BCUT2D eigenvalue weighted by Crippen LogP contribution is 2.22. The zero-order valence-corrected chi connectivity index (χ0v) is 12.5. The van der Waals surface area contributed by atoms with E-state index >= 15 is 0 Å². The minimum absolute atomic E-state index is 0.0667. The molecule has 3 aromatic rings. The molecular weight excluding hydrogens is 292 g/mol. The SMILES string of the molecule is CCc1cc2c(=O)[nH]c(Cc3cccc(Cl)c3)nc2s1. The van der Waals surface area contributed by atoms with E-state index in [2.05, 4.69) is 16.9 Å². The minimum Gasteiger partial charge on any atom is -0.310 e. The number of aromatic nitrogens is 2. The van der Waals surface area contributed by atoms with Crippen molar-refractivity contribution in [1.29, 1.82) is 0 Å². The first kappa shape index (κ1) is 13.3. The van der Waals surface area contributed by atoms with Gasteiger partial charge in [0.05, 0.1) is 5.39 Å². The fraction of sp³-hybridized carbons (Fsp3) is 0.200. The van der Waals surface area contributed by atoms with Crippen LogP contribution in [0.4, 0.5) is 0 Å². The van der Waals surface area contributed by atoms with E-state index in [1.165, 1.54) is 4.88 Å². The van der Waals surface area contributed by atoms with Crippen LogP contribution < -0.4 is 5.56 Å². The smallest absolute Gasteiger partial charge is 0.259 e. The summed E-state index contributed by atoms with van der Waals surface area (Å²) in [5, 5.41) is 1.37. The predicted molar refractivity (Wildman–Crippen MR) is 83.9 cm³/mol. The molecule has 0 aliphatic rings. The highest BCUT2D eigenvalue weighted by Gasteiger charge is 2.08. The van der Waals surface area contributed by atoms with E-state index in [1.807, 2.05) is 30.3 Å². The van der Waals surface area contributed by atoms with Gasteiger partial charge in [0, 0.05) is 16.3 Å². The van der Waals surface area contributed by atoms with E-state index in [1.54, 1.807) is 11.3 Å². The second kappa shape index (κ2) is 5.38. The van der Waals surface area contributed by atoms with Gasteiger partial charge in [-0.1, -0.05) is 30.7 Å². The number of hydrogen-bond acceptors (Lipinski definition) is 3. The lowest BCUT2D eigenvalue weighted by molar-refractivity contribution is 0.977. The van der Waals surface area contributed by atoms with E-state index in [0.717, 1.165) is 16.8 Å². The quantitative estimate of drug-likeness (QED) is 0.800. The summed E-state index contributed by atoms with van der Waals surface area (Å²) in [7, 11) is 0. The molecule has 1 aromatic carbocycles. The zero-order valence-electron chi connectivity index (χ0n) is 10.9. The van der Waals surface area contributed by atoms with Crippen molar-refractivity contribution >= 4 is 33.2 Å². The first-order valence-corrected chi connectivity index (χ1v) is 7.61. The number of nitrogens with one attached hydrogen (secondary N) is 1. The van der Waals surface area contributed by atoms with Gasteiger partial charge in [-0.25, -0.2) is 4.98 Å². The van der Waals surface area contributed by atoms with Gasteiger partial charge < -0.3 is 4.98 Å². The average Bonchev–Trinajstić information content (AvgIpc) is 2.82. The van der Waals surface area contributed by atoms with Crippen LogP contribution in [0.15, 0.2) is 35.1 Å². The number of H-pyrrole nitrogens is 1. The number of benzene rings is 1. The molecule has 3 rings (SSSR count). The number of aromatic amines is 1. The van der Waals surface area contributed by atoms with Gasteiger partial charge >= 0.3 is 0 Å². The van der Waals surface area contributed by atoms with Crippen LogP contribution in [0.25, 0.3) is 10.2 Å². The second-order valence-electron chi connectivity index (χ2n) is 4.60. The van der Waals surface area contributed by atoms with Crippen molar-refractivity contribution in [2.24, 2.45) is 0 Å². The first-order valence-electron chi connectivity index (χ1n) is 6.42. The summed E-state index contributed by atoms with van der Waals surface area (Å²) in [5.74, 6) is 0.675. The Bertz CT molecular complexity index is 822. The summed E-state index contributed by atoms with van der Waals surface area (Å²) in [4.78, 5) is 21.5. The van der Waals surface area contributed by atoms with Crippen LogP contribution in [0.3, 0.4) is 0 Å². The molecule has 0 aliphatic heterocycles. The predicted octanol–water partition coefficient (Wildman–Crippen LogP) is 3.79. The van der Waals surface area contributed by atoms with Crippen molar-refractivity contribution in [2.75, 3.05) is 0 Å². The lowest BCUT2D eigenvalue weighted by Crippen LogP contribution is -2.10. The van der Waals surface area contributed by atoms with Gasteiger partial charge in [0.1, 0.15) is 10.7 Å². The van der Waals surface area contributed by atoms with Crippen molar-refractivity contribution in [3.8, 4) is 0 Å². The van der Waals surface area contributed by atoms with Crippen LogP contribution >= 0.6 is 22.9 Å². The molecule has 0 saturated carbocycles. The number of fused-ring (bicyclic) bond motifs is 1. The van der Waals surface area contributed by atoms with Crippen LogP contribution in [-0.4, -0.2) is 9.97 Å². The number of rotatable bonds is 3. The van der Waals surface area contributed by atoms with Crippen LogP contribution in [-0.2, 0) is 12.8 Å². The van der Waals surface area contributed by atoms with E-state index in [0.29, 0.717) is 22.7 Å². The van der Waals surface area contributed by atoms with Crippen molar-refractivity contribution in [3.05, 3.63) is 62.0 Å². The lowest BCUT2D eigenvalue weighted by atomic mass is 10.1. The molecule has 0 bridgehead atoms. The Hall–Kier alpha value is -1.65. The molecule has 0 unspecified atom stereocenters. The maximum atomic E-state index is 12.1. The molecule has 0 fully saturated rings. The van der Waals surface area contributed by atoms with Gasteiger partial charge in [-0.05, 0) is 30.2 Å². The standard InChI is InChI=1S/C15H13ClN2OS/c1-2-11-8-12-14(19)17-13(18-15(12)20-11)7-9-4-3-5-10(16)6-9/h3-6,8H,2,7H2,1H3,(H,17,18,19). The average molecular weight is 305 g/mol. The third-order valence-corrected chi connectivity index (χ3v) is 4.52. The van der Waals surface area contributed by atoms with Crippen LogP contribution in [0.5, 0.6) is 0 Å². The fourth-order valence-corrected chi connectivity index (χ4v) is 3.32. The highest BCUT2D eigenvalue weighted by atomic mass is 35.5. The van der Waals surface area contributed by atoms with Gasteiger partial charge in [-0.2, -0.15) is 0 Å². The minimum atomic E-state index is -0.0667. The summed E-state index contributed by atoms with van der Waals surface area (Å²) in [6, 6.07) is 9.51. The Morgan fingerprint density at radius 2 is 2.20 bits per heavy atom. The van der Waals surface area contributed by atoms with E-state index in [4.69, 9.17) is 11.6 Å². The lowest BCUT2D eigenvalue weighted by Gasteiger charge is -2.02. The molecule has 3 nitrogen and oxygen atoms in total. The maximum Gasteiger partial charge on any atom is 0.259 e. The first-order chi connectivity index (χ1) is 9.65. The number of nitrogens with zero attached hydrogens (tertiary/aromatic N) is 1. The van der Waals surface area contributed by atoms with E-state index < -0.39 is 0 Å². The van der Waals surface area contributed by atoms with Crippen molar-refractivity contribution < 1.29 is 0 Å². The summed E-state index contributed by atoms with van der Waals surface area (Å²) in [6.07, 6.45) is 1.50. The Kier molecular flexibility index (Phi) is 3.59.